The lowest BCUT2D eigenvalue weighted by Gasteiger charge is -2.18. The largest absolute Gasteiger partial charge is 0.486 e. The van der Waals surface area contributed by atoms with Crippen LogP contribution in [0.2, 0.25) is 0 Å². The molecule has 0 radical (unpaired) electrons. The highest BCUT2D eigenvalue weighted by Gasteiger charge is 2.15. The Morgan fingerprint density at radius 2 is 2.00 bits per heavy atom. The standard InChI is InChI=1S/C21H20FN3O3S/c1-26-9-8-23-21-25(24-13-16-4-2-3-5-17(16)22)18(14-29-21)15-6-7-19-20(12-15)28-11-10-27-19/h2-7,12-14H,8-11H2,1H3/b23-21?,24-13-. The summed E-state index contributed by atoms with van der Waals surface area (Å²) in [7, 11) is 1.63. The van der Waals surface area contributed by atoms with Crippen LogP contribution in [0.4, 0.5) is 4.39 Å². The Morgan fingerprint density at radius 1 is 1.17 bits per heavy atom. The fraction of sp³-hybridized carbons (Fsp3) is 0.238. The molecule has 0 fully saturated rings. The second kappa shape index (κ2) is 9.02. The van der Waals surface area contributed by atoms with Crippen LogP contribution in [-0.2, 0) is 4.74 Å². The number of thiazole rings is 1. The average Bonchev–Trinajstić information content (AvgIpc) is 3.16. The van der Waals surface area contributed by atoms with E-state index in [0.717, 1.165) is 17.0 Å². The van der Waals surface area contributed by atoms with Crippen LogP contribution in [0, 0.1) is 5.82 Å². The lowest BCUT2D eigenvalue weighted by Crippen LogP contribution is -2.16. The number of halogens is 1. The molecule has 150 valence electrons. The van der Waals surface area contributed by atoms with E-state index in [1.807, 2.05) is 23.6 Å². The number of hydrogen-bond donors (Lipinski definition) is 0. The smallest absolute Gasteiger partial charge is 0.206 e. The Labute approximate surface area is 171 Å². The Hall–Kier alpha value is -2.97. The number of benzene rings is 2. The van der Waals surface area contributed by atoms with E-state index in [2.05, 4.69) is 10.1 Å². The van der Waals surface area contributed by atoms with Gasteiger partial charge in [0.1, 0.15) is 19.0 Å². The summed E-state index contributed by atoms with van der Waals surface area (Å²) in [5, 5.41) is 6.49. The molecule has 2 aromatic carbocycles. The maximum Gasteiger partial charge on any atom is 0.206 e. The fourth-order valence-corrected chi connectivity index (χ4v) is 3.72. The number of aromatic nitrogens is 1. The molecule has 0 unspecified atom stereocenters. The van der Waals surface area contributed by atoms with E-state index in [9.17, 15) is 4.39 Å². The number of ether oxygens (including phenoxy) is 3. The first-order valence-corrected chi connectivity index (χ1v) is 10.0. The van der Waals surface area contributed by atoms with Crippen molar-refractivity contribution >= 4 is 17.6 Å². The van der Waals surface area contributed by atoms with Crippen LogP contribution in [-0.4, -0.2) is 44.4 Å². The van der Waals surface area contributed by atoms with E-state index in [0.29, 0.717) is 42.5 Å². The maximum atomic E-state index is 14.0. The lowest BCUT2D eigenvalue weighted by molar-refractivity contribution is 0.171. The van der Waals surface area contributed by atoms with E-state index in [1.165, 1.54) is 23.6 Å². The molecule has 29 heavy (non-hydrogen) atoms. The van der Waals surface area contributed by atoms with Crippen LogP contribution in [0.3, 0.4) is 0 Å². The second-order valence-corrected chi connectivity index (χ2v) is 7.05. The molecule has 2 heterocycles. The van der Waals surface area contributed by atoms with E-state index in [1.54, 1.807) is 30.0 Å². The molecule has 3 aromatic rings. The van der Waals surface area contributed by atoms with E-state index < -0.39 is 0 Å². The third kappa shape index (κ3) is 4.38. The molecule has 0 N–H and O–H groups in total. The normalized spacial score (nSPS) is 13.9. The summed E-state index contributed by atoms with van der Waals surface area (Å²) in [5.41, 5.74) is 2.14. The van der Waals surface area contributed by atoms with Gasteiger partial charge >= 0.3 is 0 Å². The zero-order chi connectivity index (χ0) is 20.1. The van der Waals surface area contributed by atoms with Gasteiger partial charge in [0.15, 0.2) is 11.5 Å². The lowest BCUT2D eigenvalue weighted by atomic mass is 10.1. The van der Waals surface area contributed by atoms with Crippen LogP contribution >= 0.6 is 11.3 Å². The third-order valence-electron chi connectivity index (χ3n) is 4.28. The molecule has 0 saturated carbocycles. The van der Waals surface area contributed by atoms with Crippen LogP contribution in [0.5, 0.6) is 11.5 Å². The Kier molecular flexibility index (Phi) is 6.02. The van der Waals surface area contributed by atoms with Crippen LogP contribution in [0.25, 0.3) is 11.3 Å². The Morgan fingerprint density at radius 3 is 2.83 bits per heavy atom. The molecule has 0 amide bonds. The summed E-state index contributed by atoms with van der Waals surface area (Å²) in [4.78, 5) is 5.25. The SMILES string of the molecule is COCCN=c1scc(-c2ccc3c(c2)OCCO3)n1/N=C\c1ccccc1F. The number of fused-ring (bicyclic) bond motifs is 1. The first kappa shape index (κ1) is 19.4. The van der Waals surface area contributed by atoms with Gasteiger partial charge in [0.25, 0.3) is 0 Å². The summed E-state index contributed by atoms with van der Waals surface area (Å²) < 4.78 is 32.1. The highest BCUT2D eigenvalue weighted by Crippen LogP contribution is 2.34. The zero-order valence-corrected chi connectivity index (χ0v) is 16.7. The topological polar surface area (TPSA) is 57.3 Å². The van der Waals surface area contributed by atoms with Gasteiger partial charge in [0, 0.05) is 23.6 Å². The molecule has 0 aliphatic carbocycles. The molecule has 1 aliphatic rings. The van der Waals surface area contributed by atoms with Crippen molar-refractivity contribution in [3.8, 4) is 22.8 Å². The van der Waals surface area contributed by atoms with Crippen molar-refractivity contribution in [2.24, 2.45) is 10.1 Å². The fourth-order valence-electron chi connectivity index (χ4n) is 2.85. The van der Waals surface area contributed by atoms with Crippen molar-refractivity contribution in [2.45, 2.75) is 0 Å². The van der Waals surface area contributed by atoms with Gasteiger partial charge < -0.3 is 14.2 Å². The number of nitrogens with zero attached hydrogens (tertiary/aromatic N) is 3. The number of hydrogen-bond acceptors (Lipinski definition) is 6. The zero-order valence-electron chi connectivity index (χ0n) is 15.9. The van der Waals surface area contributed by atoms with Crippen molar-refractivity contribution < 1.29 is 18.6 Å². The molecular weight excluding hydrogens is 393 g/mol. The molecule has 1 aliphatic heterocycles. The van der Waals surface area contributed by atoms with Gasteiger partial charge in [0.2, 0.25) is 4.80 Å². The molecule has 8 heteroatoms. The Balaban J connectivity index is 1.76. The number of rotatable bonds is 6. The van der Waals surface area contributed by atoms with Gasteiger partial charge in [-0.15, -0.1) is 11.3 Å². The first-order chi connectivity index (χ1) is 14.3. The average molecular weight is 413 g/mol. The monoisotopic (exact) mass is 413 g/mol. The van der Waals surface area contributed by atoms with Crippen molar-refractivity contribution in [1.82, 2.24) is 4.68 Å². The number of methoxy groups -OCH3 is 1. The molecular formula is C21H20FN3O3S. The molecule has 0 atom stereocenters. The van der Waals surface area contributed by atoms with E-state index in [-0.39, 0.29) is 5.82 Å². The van der Waals surface area contributed by atoms with Gasteiger partial charge in [0.05, 0.1) is 25.1 Å². The minimum absolute atomic E-state index is 0.328. The molecule has 0 spiro atoms. The first-order valence-electron chi connectivity index (χ1n) is 9.15. The summed E-state index contributed by atoms with van der Waals surface area (Å²) >= 11 is 1.46. The van der Waals surface area contributed by atoms with Crippen LogP contribution in [0.15, 0.2) is 57.9 Å². The molecule has 1 aromatic heterocycles. The maximum absolute atomic E-state index is 14.0. The minimum atomic E-state index is -0.328. The summed E-state index contributed by atoms with van der Waals surface area (Å²) in [6.07, 6.45) is 1.50. The van der Waals surface area contributed by atoms with E-state index in [4.69, 9.17) is 14.2 Å². The molecule has 6 nitrogen and oxygen atoms in total. The predicted octanol–water partition coefficient (Wildman–Crippen LogP) is 3.56. The molecule has 0 saturated heterocycles. The summed E-state index contributed by atoms with van der Waals surface area (Å²) in [6.45, 7) is 2.07. The molecule has 0 bridgehead atoms. The highest BCUT2D eigenvalue weighted by molar-refractivity contribution is 7.07. The van der Waals surface area contributed by atoms with Crippen LogP contribution in [0.1, 0.15) is 5.56 Å². The third-order valence-corrected chi connectivity index (χ3v) is 5.14. The van der Waals surface area contributed by atoms with Crippen molar-refractivity contribution in [1.29, 1.82) is 0 Å². The quantitative estimate of drug-likeness (QED) is 0.459. The summed E-state index contributed by atoms with van der Waals surface area (Å²) in [6, 6.07) is 12.3. The van der Waals surface area contributed by atoms with Crippen molar-refractivity contribution in [3.63, 3.8) is 0 Å². The Bertz CT molecular complexity index is 1090. The van der Waals surface area contributed by atoms with Crippen molar-refractivity contribution in [2.75, 3.05) is 33.5 Å². The molecule has 4 rings (SSSR count). The van der Waals surface area contributed by atoms with Gasteiger partial charge in [-0.1, -0.05) is 18.2 Å². The summed E-state index contributed by atoms with van der Waals surface area (Å²) in [5.74, 6) is 1.09. The van der Waals surface area contributed by atoms with E-state index >= 15 is 0 Å². The van der Waals surface area contributed by atoms with Gasteiger partial charge in [-0.25, -0.2) is 9.07 Å². The highest BCUT2D eigenvalue weighted by atomic mass is 32.1. The second-order valence-electron chi connectivity index (χ2n) is 6.21. The minimum Gasteiger partial charge on any atom is -0.486 e. The van der Waals surface area contributed by atoms with Gasteiger partial charge in [-0.3, -0.25) is 4.99 Å². The van der Waals surface area contributed by atoms with Gasteiger partial charge in [-0.2, -0.15) is 5.10 Å². The van der Waals surface area contributed by atoms with Crippen LogP contribution < -0.4 is 14.3 Å². The van der Waals surface area contributed by atoms with Crippen molar-refractivity contribution in [3.05, 3.63) is 64.0 Å². The predicted molar refractivity (Wildman–Crippen MR) is 110 cm³/mol. The van der Waals surface area contributed by atoms with Gasteiger partial charge in [-0.05, 0) is 24.3 Å².